The molecule has 0 saturated heterocycles. The molecule has 0 aliphatic heterocycles. The van der Waals surface area contributed by atoms with Crippen LogP contribution in [0.5, 0.6) is 0 Å². The van der Waals surface area contributed by atoms with Crippen LogP contribution in [0.25, 0.3) is 0 Å². The molecule has 2 rings (SSSR count). The number of hydrogen-bond donors (Lipinski definition) is 0. The molecule has 6 heteroatoms. The highest BCUT2D eigenvalue weighted by molar-refractivity contribution is 4.84. The van der Waals surface area contributed by atoms with Crippen LogP contribution in [0.1, 0.15) is 64.0 Å². The van der Waals surface area contributed by atoms with Crippen LogP contribution in [-0.2, 0) is 40.0 Å². The fourth-order valence-electron chi connectivity index (χ4n) is 3.52. The van der Waals surface area contributed by atoms with Gasteiger partial charge in [-0.3, -0.25) is 0 Å². The standard InChI is InChI=1S/C20H36N4.2HI/c1-5-11-19-21(3)15-17-23(19)13-9-7-8-10-14-24-18-16-22(4)20(24)12-6-2;;/h15-18H,5-14H2,1-4H3;2*1H/q+2;;/p-2. The van der Waals surface area contributed by atoms with Gasteiger partial charge in [-0.1, -0.05) is 13.8 Å². The lowest BCUT2D eigenvalue weighted by atomic mass is 10.2. The molecule has 0 unspecified atom stereocenters. The van der Waals surface area contributed by atoms with E-state index in [0.29, 0.717) is 0 Å². The minimum Gasteiger partial charge on any atom is -1.00 e. The fraction of sp³-hybridized carbons (Fsp3) is 0.700. The van der Waals surface area contributed by atoms with Gasteiger partial charge in [-0.2, -0.15) is 0 Å². The van der Waals surface area contributed by atoms with Gasteiger partial charge in [-0.05, 0) is 38.5 Å². The predicted octanol–water partition coefficient (Wildman–Crippen LogP) is -2.89. The average Bonchev–Trinajstić information content (AvgIpc) is 3.09. The molecule has 4 nitrogen and oxygen atoms in total. The van der Waals surface area contributed by atoms with Gasteiger partial charge in [0.15, 0.2) is 0 Å². The second-order valence-electron chi connectivity index (χ2n) is 6.95. The van der Waals surface area contributed by atoms with E-state index in [1.54, 1.807) is 0 Å². The van der Waals surface area contributed by atoms with Crippen LogP contribution >= 0.6 is 0 Å². The van der Waals surface area contributed by atoms with E-state index < -0.39 is 0 Å². The summed E-state index contributed by atoms with van der Waals surface area (Å²) < 4.78 is 9.42. The summed E-state index contributed by atoms with van der Waals surface area (Å²) in [6.45, 7) is 6.84. The van der Waals surface area contributed by atoms with Gasteiger partial charge in [-0.25, -0.2) is 18.3 Å². The molecule has 0 fully saturated rings. The number of aryl methyl sites for hydroxylation is 4. The van der Waals surface area contributed by atoms with Crippen molar-refractivity contribution >= 4 is 0 Å². The Kier molecular flexibility index (Phi) is 13.9. The summed E-state index contributed by atoms with van der Waals surface area (Å²) in [5.41, 5.74) is 0. The normalized spacial score (nSPS) is 10.5. The SMILES string of the molecule is CCCc1n(CCCCCCn2cc[n+](C)c2CCC)cc[n+]1C.[I-].[I-]. The number of imidazole rings is 2. The van der Waals surface area contributed by atoms with Gasteiger partial charge in [0.1, 0.15) is 24.8 Å². The van der Waals surface area contributed by atoms with Crippen LogP contribution in [0.4, 0.5) is 0 Å². The van der Waals surface area contributed by atoms with Gasteiger partial charge in [0, 0.05) is 12.8 Å². The van der Waals surface area contributed by atoms with Gasteiger partial charge in [0.2, 0.25) is 0 Å². The highest BCUT2D eigenvalue weighted by Gasteiger charge is 2.14. The molecular formula is C20H36I2N4. The molecule has 0 saturated carbocycles. The second-order valence-corrected chi connectivity index (χ2v) is 6.95. The highest BCUT2D eigenvalue weighted by Crippen LogP contribution is 2.08. The van der Waals surface area contributed by atoms with Crippen LogP contribution in [0.15, 0.2) is 24.8 Å². The first-order valence-corrected chi connectivity index (χ1v) is 9.74. The first-order chi connectivity index (χ1) is 11.7. The smallest absolute Gasteiger partial charge is 0.256 e. The molecule has 0 bridgehead atoms. The van der Waals surface area contributed by atoms with Gasteiger partial charge < -0.3 is 48.0 Å². The maximum atomic E-state index is 2.44. The Labute approximate surface area is 194 Å². The zero-order valence-electron chi connectivity index (χ0n) is 16.9. The third kappa shape index (κ3) is 7.48. The van der Waals surface area contributed by atoms with Gasteiger partial charge in [-0.15, -0.1) is 0 Å². The summed E-state index contributed by atoms with van der Waals surface area (Å²) in [5.74, 6) is 2.92. The fourth-order valence-corrected chi connectivity index (χ4v) is 3.52. The lowest BCUT2D eigenvalue weighted by Gasteiger charge is -2.04. The van der Waals surface area contributed by atoms with E-state index in [4.69, 9.17) is 0 Å². The quantitative estimate of drug-likeness (QED) is 0.153. The lowest BCUT2D eigenvalue weighted by molar-refractivity contribution is -0.679. The molecule has 0 aliphatic rings. The van der Waals surface area contributed by atoms with E-state index in [2.05, 4.69) is 71.0 Å². The maximum absolute atomic E-state index is 2.44. The van der Waals surface area contributed by atoms with Crippen molar-refractivity contribution < 1.29 is 57.1 Å². The zero-order valence-corrected chi connectivity index (χ0v) is 21.2. The van der Waals surface area contributed by atoms with E-state index in [1.807, 2.05) is 0 Å². The Balaban J connectivity index is 0.00000312. The predicted molar refractivity (Wildman–Crippen MR) is 97.7 cm³/mol. The minimum atomic E-state index is 0. The van der Waals surface area contributed by atoms with Crippen molar-refractivity contribution in [2.75, 3.05) is 0 Å². The molecule has 0 amide bonds. The Hall–Kier alpha value is -0.120. The Morgan fingerprint density at radius 1 is 0.692 bits per heavy atom. The number of halogens is 2. The molecular weight excluding hydrogens is 550 g/mol. The van der Waals surface area contributed by atoms with E-state index in [9.17, 15) is 0 Å². The molecule has 0 atom stereocenters. The third-order valence-electron chi connectivity index (χ3n) is 4.91. The first-order valence-electron chi connectivity index (χ1n) is 9.74. The molecule has 0 spiro atoms. The van der Waals surface area contributed by atoms with Crippen molar-refractivity contribution in [3.05, 3.63) is 36.4 Å². The van der Waals surface area contributed by atoms with Crippen molar-refractivity contribution in [3.8, 4) is 0 Å². The molecule has 0 N–H and O–H groups in total. The number of aromatic nitrogens is 4. The number of nitrogens with zero attached hydrogens (tertiary/aromatic N) is 4. The van der Waals surface area contributed by atoms with Gasteiger partial charge >= 0.3 is 0 Å². The maximum Gasteiger partial charge on any atom is 0.256 e. The molecule has 150 valence electrons. The Morgan fingerprint density at radius 2 is 1.08 bits per heavy atom. The van der Waals surface area contributed by atoms with Gasteiger partial charge in [0.25, 0.3) is 11.6 Å². The van der Waals surface area contributed by atoms with Crippen LogP contribution in [0, 0.1) is 0 Å². The van der Waals surface area contributed by atoms with Crippen molar-refractivity contribution in [1.82, 2.24) is 9.13 Å². The van der Waals surface area contributed by atoms with Crippen LogP contribution in [0.3, 0.4) is 0 Å². The Bertz CT molecular complexity index is 565. The van der Waals surface area contributed by atoms with Gasteiger partial charge in [0.05, 0.1) is 27.2 Å². The summed E-state index contributed by atoms with van der Waals surface area (Å²) in [4.78, 5) is 0. The van der Waals surface area contributed by atoms with E-state index in [0.717, 1.165) is 13.1 Å². The summed E-state index contributed by atoms with van der Waals surface area (Å²) in [6.07, 6.45) is 18.8. The first kappa shape index (κ1) is 25.9. The van der Waals surface area contributed by atoms with Crippen LogP contribution < -0.4 is 57.1 Å². The molecule has 0 aliphatic carbocycles. The number of unbranched alkanes of at least 4 members (excludes halogenated alkanes) is 3. The average molecular weight is 586 g/mol. The lowest BCUT2D eigenvalue weighted by Crippen LogP contribution is -3.00. The summed E-state index contributed by atoms with van der Waals surface area (Å²) >= 11 is 0. The molecule has 0 aromatic carbocycles. The summed E-state index contributed by atoms with van der Waals surface area (Å²) in [5, 5.41) is 0. The molecule has 0 radical (unpaired) electrons. The van der Waals surface area contributed by atoms with E-state index >= 15 is 0 Å². The topological polar surface area (TPSA) is 17.6 Å². The zero-order chi connectivity index (χ0) is 17.4. The molecule has 26 heavy (non-hydrogen) atoms. The molecule has 2 heterocycles. The third-order valence-corrected chi connectivity index (χ3v) is 4.91. The molecule has 2 aromatic heterocycles. The van der Waals surface area contributed by atoms with E-state index in [-0.39, 0.29) is 48.0 Å². The largest absolute Gasteiger partial charge is 1.00 e. The number of hydrogen-bond acceptors (Lipinski definition) is 0. The highest BCUT2D eigenvalue weighted by atomic mass is 127. The van der Waals surface area contributed by atoms with Crippen molar-refractivity contribution in [2.24, 2.45) is 14.1 Å². The van der Waals surface area contributed by atoms with Crippen molar-refractivity contribution in [2.45, 2.75) is 78.3 Å². The van der Waals surface area contributed by atoms with E-state index in [1.165, 1.54) is 63.0 Å². The van der Waals surface area contributed by atoms with Crippen molar-refractivity contribution in [3.63, 3.8) is 0 Å². The van der Waals surface area contributed by atoms with Crippen LogP contribution in [-0.4, -0.2) is 9.13 Å². The molecule has 2 aromatic rings. The minimum absolute atomic E-state index is 0. The Morgan fingerprint density at radius 3 is 1.42 bits per heavy atom. The number of rotatable bonds is 11. The summed E-state index contributed by atoms with van der Waals surface area (Å²) in [7, 11) is 4.32. The summed E-state index contributed by atoms with van der Waals surface area (Å²) in [6, 6.07) is 0. The second kappa shape index (κ2) is 14.0. The van der Waals surface area contributed by atoms with Crippen LogP contribution in [0.2, 0.25) is 0 Å². The van der Waals surface area contributed by atoms with Crippen molar-refractivity contribution in [1.29, 1.82) is 0 Å². The monoisotopic (exact) mass is 586 g/mol.